The van der Waals surface area contributed by atoms with Crippen LogP contribution in [0.1, 0.15) is 25.8 Å². The highest BCUT2D eigenvalue weighted by molar-refractivity contribution is 5.57. The van der Waals surface area contributed by atoms with Gasteiger partial charge in [-0.3, -0.25) is 4.98 Å². The van der Waals surface area contributed by atoms with Crippen molar-refractivity contribution in [2.24, 2.45) is 0 Å². The van der Waals surface area contributed by atoms with Gasteiger partial charge in [-0.05, 0) is 31.0 Å². The lowest BCUT2D eigenvalue weighted by Gasteiger charge is -2.08. The Morgan fingerprint density at radius 1 is 1.00 bits per heavy atom. The second kappa shape index (κ2) is 6.73. The van der Waals surface area contributed by atoms with E-state index in [1.165, 1.54) is 12.0 Å². The van der Waals surface area contributed by atoms with Gasteiger partial charge in [0.1, 0.15) is 5.82 Å². The molecule has 0 saturated carbocycles. The minimum atomic E-state index is 0.752. The molecule has 0 aliphatic rings. The summed E-state index contributed by atoms with van der Waals surface area (Å²) in [5, 5.41) is 6.40. The summed E-state index contributed by atoms with van der Waals surface area (Å²) in [7, 11) is 0. The maximum Gasteiger partial charge on any atom is 0.151 e. The zero-order chi connectivity index (χ0) is 13.5. The first-order chi connectivity index (χ1) is 9.31. The topological polar surface area (TPSA) is 49.8 Å². The maximum atomic E-state index is 4.43. The monoisotopic (exact) mass is 256 g/mol. The van der Waals surface area contributed by atoms with Crippen molar-refractivity contribution in [2.45, 2.75) is 26.7 Å². The molecule has 4 heteroatoms. The minimum Gasteiger partial charge on any atom is -0.369 e. The third-order valence-corrected chi connectivity index (χ3v) is 2.76. The molecule has 0 spiro atoms. The Kier molecular flexibility index (Phi) is 4.72. The Labute approximate surface area is 114 Å². The summed E-state index contributed by atoms with van der Waals surface area (Å²) < 4.78 is 0. The Morgan fingerprint density at radius 2 is 1.74 bits per heavy atom. The van der Waals surface area contributed by atoms with E-state index in [9.17, 15) is 0 Å². The van der Waals surface area contributed by atoms with Crippen LogP contribution in [-0.4, -0.2) is 16.5 Å². The third kappa shape index (κ3) is 3.95. The van der Waals surface area contributed by atoms with Crippen LogP contribution in [0.15, 0.2) is 36.7 Å². The molecule has 2 rings (SSSR count). The van der Waals surface area contributed by atoms with Gasteiger partial charge < -0.3 is 10.6 Å². The number of hydrogen-bond donors (Lipinski definition) is 2. The molecule has 19 heavy (non-hydrogen) atoms. The number of rotatable bonds is 6. The zero-order valence-electron chi connectivity index (χ0n) is 11.5. The standard InChI is InChI=1S/C15H20N4/c1-3-5-12-6-8-13(9-7-12)18-15-11-16-10-14(19-15)17-4-2/h6-11H,3-5H2,1-2H3,(H2,17,18,19). The average Bonchev–Trinajstić information content (AvgIpc) is 2.42. The molecule has 2 N–H and O–H groups in total. The molecule has 1 heterocycles. The summed E-state index contributed by atoms with van der Waals surface area (Å²) in [5.74, 6) is 1.54. The largest absolute Gasteiger partial charge is 0.369 e. The molecular weight excluding hydrogens is 236 g/mol. The van der Waals surface area contributed by atoms with Gasteiger partial charge in [0.2, 0.25) is 0 Å². The minimum absolute atomic E-state index is 0.752. The van der Waals surface area contributed by atoms with Crippen molar-refractivity contribution in [3.63, 3.8) is 0 Å². The first kappa shape index (κ1) is 13.3. The van der Waals surface area contributed by atoms with Gasteiger partial charge >= 0.3 is 0 Å². The fourth-order valence-electron chi connectivity index (χ4n) is 1.88. The van der Waals surface area contributed by atoms with Crippen LogP contribution in [-0.2, 0) is 6.42 Å². The van der Waals surface area contributed by atoms with Crippen LogP contribution >= 0.6 is 0 Å². The van der Waals surface area contributed by atoms with E-state index in [1.54, 1.807) is 12.4 Å². The van der Waals surface area contributed by atoms with Gasteiger partial charge in [-0.1, -0.05) is 25.5 Å². The fourth-order valence-corrected chi connectivity index (χ4v) is 1.88. The second-order valence-electron chi connectivity index (χ2n) is 4.39. The highest BCUT2D eigenvalue weighted by Gasteiger charge is 1.99. The third-order valence-electron chi connectivity index (χ3n) is 2.76. The normalized spacial score (nSPS) is 10.2. The van der Waals surface area contributed by atoms with Crippen LogP contribution in [0.4, 0.5) is 17.3 Å². The Balaban J connectivity index is 2.05. The van der Waals surface area contributed by atoms with E-state index in [0.717, 1.165) is 30.3 Å². The van der Waals surface area contributed by atoms with Crippen molar-refractivity contribution in [2.75, 3.05) is 17.2 Å². The average molecular weight is 256 g/mol. The molecule has 0 atom stereocenters. The van der Waals surface area contributed by atoms with Gasteiger partial charge in [-0.25, -0.2) is 4.98 Å². The van der Waals surface area contributed by atoms with Crippen molar-refractivity contribution < 1.29 is 0 Å². The molecule has 0 radical (unpaired) electrons. The molecule has 0 bridgehead atoms. The van der Waals surface area contributed by atoms with E-state index in [-0.39, 0.29) is 0 Å². The number of aryl methyl sites for hydroxylation is 1. The van der Waals surface area contributed by atoms with E-state index >= 15 is 0 Å². The zero-order valence-corrected chi connectivity index (χ0v) is 11.5. The fraction of sp³-hybridized carbons (Fsp3) is 0.333. The number of benzene rings is 1. The smallest absolute Gasteiger partial charge is 0.151 e. The predicted molar refractivity (Wildman–Crippen MR) is 79.9 cm³/mol. The highest BCUT2D eigenvalue weighted by atomic mass is 15.1. The lowest BCUT2D eigenvalue weighted by molar-refractivity contribution is 0.922. The van der Waals surface area contributed by atoms with Crippen LogP contribution in [0, 0.1) is 0 Å². The van der Waals surface area contributed by atoms with Gasteiger partial charge in [0, 0.05) is 12.2 Å². The second-order valence-corrected chi connectivity index (χ2v) is 4.39. The first-order valence-electron chi connectivity index (χ1n) is 6.73. The molecule has 0 aliphatic heterocycles. The lowest BCUT2D eigenvalue weighted by atomic mass is 10.1. The SMILES string of the molecule is CCCc1ccc(Nc2cncc(NCC)n2)cc1. The number of nitrogens with one attached hydrogen (secondary N) is 2. The summed E-state index contributed by atoms with van der Waals surface area (Å²) in [5.41, 5.74) is 2.39. The van der Waals surface area contributed by atoms with Gasteiger partial charge in [-0.2, -0.15) is 0 Å². The van der Waals surface area contributed by atoms with E-state index in [0.29, 0.717) is 0 Å². The predicted octanol–water partition coefficient (Wildman–Crippen LogP) is 3.60. The molecule has 0 fully saturated rings. The van der Waals surface area contributed by atoms with Crippen LogP contribution < -0.4 is 10.6 Å². The van der Waals surface area contributed by atoms with E-state index in [2.05, 4.69) is 51.8 Å². The van der Waals surface area contributed by atoms with Crippen LogP contribution in [0.3, 0.4) is 0 Å². The van der Waals surface area contributed by atoms with Gasteiger partial charge in [-0.15, -0.1) is 0 Å². The number of anilines is 3. The molecule has 0 amide bonds. The Hall–Kier alpha value is -2.10. The molecule has 0 aliphatic carbocycles. The van der Waals surface area contributed by atoms with Crippen LogP contribution in [0.5, 0.6) is 0 Å². The molecule has 0 unspecified atom stereocenters. The van der Waals surface area contributed by atoms with Gasteiger partial charge in [0.15, 0.2) is 5.82 Å². The number of hydrogen-bond acceptors (Lipinski definition) is 4. The van der Waals surface area contributed by atoms with Crippen molar-refractivity contribution in [1.29, 1.82) is 0 Å². The van der Waals surface area contributed by atoms with Crippen LogP contribution in [0.2, 0.25) is 0 Å². The molecule has 4 nitrogen and oxygen atoms in total. The first-order valence-corrected chi connectivity index (χ1v) is 6.73. The molecule has 1 aromatic carbocycles. The van der Waals surface area contributed by atoms with Gasteiger partial charge in [0.25, 0.3) is 0 Å². The van der Waals surface area contributed by atoms with E-state index in [1.807, 2.05) is 6.92 Å². The lowest BCUT2D eigenvalue weighted by Crippen LogP contribution is -2.02. The highest BCUT2D eigenvalue weighted by Crippen LogP contribution is 2.16. The number of nitrogens with zero attached hydrogens (tertiary/aromatic N) is 2. The number of aromatic nitrogens is 2. The van der Waals surface area contributed by atoms with Crippen molar-refractivity contribution >= 4 is 17.3 Å². The summed E-state index contributed by atoms with van der Waals surface area (Å²) in [4.78, 5) is 8.59. The quantitative estimate of drug-likeness (QED) is 0.829. The van der Waals surface area contributed by atoms with E-state index < -0.39 is 0 Å². The Bertz CT molecular complexity index is 508. The summed E-state index contributed by atoms with van der Waals surface area (Å²) in [6.45, 7) is 5.06. The van der Waals surface area contributed by atoms with Crippen molar-refractivity contribution in [3.05, 3.63) is 42.2 Å². The molecule has 1 aromatic heterocycles. The molecule has 100 valence electrons. The maximum absolute atomic E-state index is 4.43. The summed E-state index contributed by atoms with van der Waals surface area (Å²) in [6.07, 6.45) is 5.73. The summed E-state index contributed by atoms with van der Waals surface area (Å²) >= 11 is 0. The Morgan fingerprint density at radius 3 is 2.42 bits per heavy atom. The van der Waals surface area contributed by atoms with Crippen molar-refractivity contribution in [3.8, 4) is 0 Å². The van der Waals surface area contributed by atoms with Crippen LogP contribution in [0.25, 0.3) is 0 Å². The van der Waals surface area contributed by atoms with E-state index in [4.69, 9.17) is 0 Å². The van der Waals surface area contributed by atoms with Gasteiger partial charge in [0.05, 0.1) is 12.4 Å². The molecular formula is C15H20N4. The molecule has 0 saturated heterocycles. The van der Waals surface area contributed by atoms with Crippen molar-refractivity contribution in [1.82, 2.24) is 9.97 Å². The summed E-state index contributed by atoms with van der Waals surface area (Å²) in [6, 6.07) is 8.44. The molecule has 2 aromatic rings.